The fourth-order valence-electron chi connectivity index (χ4n) is 3.89. The van der Waals surface area contributed by atoms with Gasteiger partial charge in [-0.2, -0.15) is 0 Å². The van der Waals surface area contributed by atoms with E-state index in [-0.39, 0.29) is 11.7 Å². The lowest BCUT2D eigenvalue weighted by Crippen LogP contribution is -2.15. The molecule has 4 rings (SSSR count). The van der Waals surface area contributed by atoms with E-state index in [2.05, 4.69) is 38.3 Å². The number of hydrogen-bond acceptors (Lipinski definition) is 5. The van der Waals surface area contributed by atoms with Crippen molar-refractivity contribution in [3.05, 3.63) is 89.5 Å². The lowest BCUT2D eigenvalue weighted by atomic mass is 10.1. The molecule has 1 amide bonds. The molecule has 1 aromatic heterocycles. The smallest absolute Gasteiger partial charge is 0.234 e. The number of amides is 1. The Kier molecular flexibility index (Phi) is 7.65. The molecular weight excluding hydrogens is 444 g/mol. The number of ether oxygens (including phenoxy) is 1. The number of methoxy groups -OCH3 is 1. The second kappa shape index (κ2) is 11.0. The number of aryl methyl sites for hydroxylation is 3. The number of benzene rings is 3. The maximum absolute atomic E-state index is 12.7. The summed E-state index contributed by atoms with van der Waals surface area (Å²) < 4.78 is 7.63. The third-order valence-corrected chi connectivity index (χ3v) is 6.34. The molecule has 7 heteroatoms. The molecule has 0 aliphatic carbocycles. The van der Waals surface area contributed by atoms with Gasteiger partial charge in [0.05, 0.1) is 18.4 Å². The molecule has 0 fully saturated rings. The van der Waals surface area contributed by atoms with E-state index in [1.54, 1.807) is 7.11 Å². The number of carbonyl (C=O) groups excluding carboxylic acids is 1. The molecule has 0 aliphatic heterocycles. The first-order chi connectivity index (χ1) is 16.5. The summed E-state index contributed by atoms with van der Waals surface area (Å²) in [5, 5.41) is 12.6. The Hall–Kier alpha value is -3.58. The Bertz CT molecular complexity index is 1250. The van der Waals surface area contributed by atoms with Gasteiger partial charge in [-0.1, -0.05) is 60.3 Å². The number of nitrogens with one attached hydrogen (secondary N) is 1. The number of nitrogens with zero attached hydrogens (tertiary/aromatic N) is 3. The van der Waals surface area contributed by atoms with E-state index in [9.17, 15) is 4.79 Å². The van der Waals surface area contributed by atoms with E-state index in [0.29, 0.717) is 11.7 Å². The van der Waals surface area contributed by atoms with Gasteiger partial charge in [0.15, 0.2) is 11.0 Å². The average molecular weight is 473 g/mol. The Labute approximate surface area is 204 Å². The summed E-state index contributed by atoms with van der Waals surface area (Å²) >= 11 is 1.38. The second-order valence-electron chi connectivity index (χ2n) is 8.11. The van der Waals surface area contributed by atoms with Crippen LogP contribution in [0.2, 0.25) is 0 Å². The van der Waals surface area contributed by atoms with Crippen molar-refractivity contribution in [3.63, 3.8) is 0 Å². The molecule has 0 saturated carbocycles. The predicted molar refractivity (Wildman–Crippen MR) is 137 cm³/mol. The van der Waals surface area contributed by atoms with E-state index in [1.165, 1.54) is 17.3 Å². The van der Waals surface area contributed by atoms with Crippen LogP contribution in [0, 0.1) is 13.8 Å². The molecule has 174 valence electrons. The van der Waals surface area contributed by atoms with Crippen molar-refractivity contribution in [1.29, 1.82) is 0 Å². The first-order valence-electron chi connectivity index (χ1n) is 11.1. The number of rotatable bonds is 9. The fourth-order valence-corrected chi connectivity index (χ4v) is 4.65. The predicted octanol–water partition coefficient (Wildman–Crippen LogP) is 5.54. The molecule has 3 aromatic carbocycles. The minimum atomic E-state index is -0.0774. The van der Waals surface area contributed by atoms with Crippen LogP contribution in [-0.2, 0) is 17.8 Å². The van der Waals surface area contributed by atoms with Gasteiger partial charge in [-0.05, 0) is 61.2 Å². The van der Waals surface area contributed by atoms with Crippen molar-refractivity contribution in [1.82, 2.24) is 14.8 Å². The zero-order valence-corrected chi connectivity index (χ0v) is 20.4. The third kappa shape index (κ3) is 5.85. The quantitative estimate of drug-likeness (QED) is 0.324. The van der Waals surface area contributed by atoms with Crippen molar-refractivity contribution in [2.45, 2.75) is 32.0 Å². The lowest BCUT2D eigenvalue weighted by molar-refractivity contribution is -0.113. The minimum Gasteiger partial charge on any atom is -0.496 e. The van der Waals surface area contributed by atoms with Gasteiger partial charge in [-0.3, -0.25) is 4.79 Å². The first kappa shape index (κ1) is 23.6. The highest BCUT2D eigenvalue weighted by Crippen LogP contribution is 2.31. The summed E-state index contributed by atoms with van der Waals surface area (Å²) in [6, 6.07) is 24.1. The van der Waals surface area contributed by atoms with Crippen LogP contribution in [0.5, 0.6) is 5.75 Å². The maximum Gasteiger partial charge on any atom is 0.234 e. The highest BCUT2D eigenvalue weighted by Gasteiger charge is 2.18. The highest BCUT2D eigenvalue weighted by molar-refractivity contribution is 7.99. The summed E-state index contributed by atoms with van der Waals surface area (Å²) in [5.74, 6) is 1.62. The second-order valence-corrected chi connectivity index (χ2v) is 9.05. The Balaban J connectivity index is 1.54. The largest absolute Gasteiger partial charge is 0.496 e. The van der Waals surface area contributed by atoms with Gasteiger partial charge in [-0.25, -0.2) is 0 Å². The van der Waals surface area contributed by atoms with Gasteiger partial charge >= 0.3 is 0 Å². The van der Waals surface area contributed by atoms with Gasteiger partial charge < -0.3 is 14.6 Å². The first-order valence-corrected chi connectivity index (χ1v) is 12.1. The van der Waals surface area contributed by atoms with E-state index < -0.39 is 0 Å². The molecule has 34 heavy (non-hydrogen) atoms. The molecule has 0 radical (unpaired) electrons. The fraction of sp³-hybridized carbons (Fsp3) is 0.222. The molecule has 0 unspecified atom stereocenters. The normalized spacial score (nSPS) is 10.8. The zero-order valence-electron chi connectivity index (χ0n) is 19.6. The molecule has 1 N–H and O–H groups in total. The van der Waals surface area contributed by atoms with Gasteiger partial charge in [-0.15, -0.1) is 10.2 Å². The number of thioether (sulfide) groups is 1. The van der Waals surface area contributed by atoms with Crippen LogP contribution in [0.25, 0.3) is 11.4 Å². The van der Waals surface area contributed by atoms with E-state index in [1.807, 2.05) is 68.4 Å². The van der Waals surface area contributed by atoms with Crippen molar-refractivity contribution >= 4 is 23.4 Å². The van der Waals surface area contributed by atoms with Gasteiger partial charge in [0.25, 0.3) is 0 Å². The summed E-state index contributed by atoms with van der Waals surface area (Å²) in [5.41, 5.74) is 5.14. The van der Waals surface area contributed by atoms with Crippen LogP contribution in [0.15, 0.2) is 78.0 Å². The Morgan fingerprint density at radius 2 is 1.68 bits per heavy atom. The van der Waals surface area contributed by atoms with Crippen molar-refractivity contribution in [2.75, 3.05) is 18.2 Å². The molecule has 6 nitrogen and oxygen atoms in total. The number of anilines is 1. The highest BCUT2D eigenvalue weighted by atomic mass is 32.2. The summed E-state index contributed by atoms with van der Waals surface area (Å²) in [6.45, 7) is 4.73. The topological polar surface area (TPSA) is 69.0 Å². The van der Waals surface area contributed by atoms with E-state index >= 15 is 0 Å². The minimum absolute atomic E-state index is 0.0774. The van der Waals surface area contributed by atoms with Crippen LogP contribution in [0.4, 0.5) is 5.69 Å². The van der Waals surface area contributed by atoms with E-state index in [4.69, 9.17) is 4.74 Å². The number of hydrogen-bond donors (Lipinski definition) is 1. The van der Waals surface area contributed by atoms with Crippen molar-refractivity contribution < 1.29 is 9.53 Å². The third-order valence-electron chi connectivity index (χ3n) is 5.37. The SMILES string of the molecule is COc1ccccc1-c1nnc(SCC(=O)Nc2cc(C)cc(C)c2)n1CCc1ccccc1. The van der Waals surface area contributed by atoms with E-state index in [0.717, 1.165) is 40.4 Å². The molecular formula is C27H28N4O2S. The van der Waals surface area contributed by atoms with Gasteiger partial charge in [0.1, 0.15) is 5.75 Å². The van der Waals surface area contributed by atoms with Crippen molar-refractivity contribution in [2.24, 2.45) is 0 Å². The van der Waals surface area contributed by atoms with Crippen LogP contribution in [0.3, 0.4) is 0 Å². The number of carbonyl (C=O) groups is 1. The van der Waals surface area contributed by atoms with Crippen LogP contribution in [-0.4, -0.2) is 33.5 Å². The molecule has 0 bridgehead atoms. The van der Waals surface area contributed by atoms with Crippen molar-refractivity contribution in [3.8, 4) is 17.1 Å². The van der Waals surface area contributed by atoms with Crippen LogP contribution < -0.4 is 10.1 Å². The monoisotopic (exact) mass is 472 g/mol. The molecule has 0 saturated heterocycles. The lowest BCUT2D eigenvalue weighted by Gasteiger charge is -2.13. The molecule has 4 aromatic rings. The molecule has 0 aliphatic rings. The maximum atomic E-state index is 12.7. The molecule has 0 atom stereocenters. The average Bonchev–Trinajstić information content (AvgIpc) is 3.24. The summed E-state index contributed by atoms with van der Waals surface area (Å²) in [4.78, 5) is 12.7. The molecule has 1 heterocycles. The summed E-state index contributed by atoms with van der Waals surface area (Å²) in [7, 11) is 1.65. The summed E-state index contributed by atoms with van der Waals surface area (Å²) in [6.07, 6.45) is 0.823. The number of aromatic nitrogens is 3. The number of para-hydroxylation sites is 1. The zero-order chi connectivity index (χ0) is 23.9. The standard InChI is InChI=1S/C27H28N4O2S/c1-19-15-20(2)17-22(16-19)28-25(32)18-34-27-30-29-26(23-11-7-8-12-24(23)33-3)31(27)14-13-21-9-5-4-6-10-21/h4-12,15-17H,13-14,18H2,1-3H3,(H,28,32). The van der Waals surface area contributed by atoms with Gasteiger partial charge in [0.2, 0.25) is 5.91 Å². The Morgan fingerprint density at radius 1 is 0.971 bits per heavy atom. The Morgan fingerprint density at radius 3 is 2.41 bits per heavy atom. The van der Waals surface area contributed by atoms with Crippen LogP contribution in [0.1, 0.15) is 16.7 Å². The molecule has 0 spiro atoms. The van der Waals surface area contributed by atoms with Crippen LogP contribution >= 0.6 is 11.8 Å². The van der Waals surface area contributed by atoms with Gasteiger partial charge in [0, 0.05) is 12.2 Å².